The molecule has 2 N–H and O–H groups in total. The van der Waals surface area contributed by atoms with Crippen molar-refractivity contribution in [3.63, 3.8) is 0 Å². The third-order valence-electron chi connectivity index (χ3n) is 2.54. The summed E-state index contributed by atoms with van der Waals surface area (Å²) in [4.78, 5) is 13.1. The molecular formula is C12H23N5. The summed E-state index contributed by atoms with van der Waals surface area (Å²) >= 11 is 0. The molecule has 1 aromatic heterocycles. The van der Waals surface area contributed by atoms with Crippen LogP contribution in [0, 0.1) is 0 Å². The SMILES string of the molecule is CCCN(CCN(C)C)c1cnc(CN)cn1. The van der Waals surface area contributed by atoms with Crippen LogP contribution in [-0.4, -0.2) is 48.6 Å². The van der Waals surface area contributed by atoms with Crippen LogP contribution in [0.2, 0.25) is 0 Å². The van der Waals surface area contributed by atoms with Crippen molar-refractivity contribution in [1.82, 2.24) is 14.9 Å². The van der Waals surface area contributed by atoms with E-state index in [0.717, 1.165) is 37.6 Å². The van der Waals surface area contributed by atoms with Crippen LogP contribution in [0.5, 0.6) is 0 Å². The van der Waals surface area contributed by atoms with Gasteiger partial charge in [0, 0.05) is 26.2 Å². The molecule has 0 aliphatic carbocycles. The highest BCUT2D eigenvalue weighted by Crippen LogP contribution is 2.09. The molecule has 1 heterocycles. The Labute approximate surface area is 104 Å². The molecule has 0 atom stereocenters. The van der Waals surface area contributed by atoms with E-state index in [2.05, 4.69) is 40.8 Å². The first kappa shape index (κ1) is 13.9. The Morgan fingerprint density at radius 3 is 2.35 bits per heavy atom. The minimum atomic E-state index is 0.443. The summed E-state index contributed by atoms with van der Waals surface area (Å²) in [6.07, 6.45) is 4.68. The molecule has 0 radical (unpaired) electrons. The molecule has 0 unspecified atom stereocenters. The Balaban J connectivity index is 2.67. The van der Waals surface area contributed by atoms with Crippen LogP contribution in [0.3, 0.4) is 0 Å². The highest BCUT2D eigenvalue weighted by Gasteiger charge is 2.07. The number of rotatable bonds is 7. The van der Waals surface area contributed by atoms with Crippen LogP contribution in [-0.2, 0) is 6.54 Å². The second kappa shape index (κ2) is 7.19. The first-order valence-corrected chi connectivity index (χ1v) is 6.08. The van der Waals surface area contributed by atoms with Crippen LogP contribution >= 0.6 is 0 Å². The lowest BCUT2D eigenvalue weighted by molar-refractivity contribution is 0.412. The lowest BCUT2D eigenvalue weighted by atomic mass is 10.3. The van der Waals surface area contributed by atoms with Gasteiger partial charge < -0.3 is 15.5 Å². The van der Waals surface area contributed by atoms with Crippen molar-refractivity contribution in [1.29, 1.82) is 0 Å². The fourth-order valence-corrected chi connectivity index (χ4v) is 1.55. The Hall–Kier alpha value is -1.20. The molecular weight excluding hydrogens is 214 g/mol. The summed E-state index contributed by atoms with van der Waals surface area (Å²) in [5.74, 6) is 0.936. The smallest absolute Gasteiger partial charge is 0.147 e. The molecule has 0 fully saturated rings. The normalized spacial score (nSPS) is 10.9. The molecule has 1 rings (SSSR count). The molecule has 17 heavy (non-hydrogen) atoms. The van der Waals surface area contributed by atoms with Crippen LogP contribution in [0.15, 0.2) is 12.4 Å². The highest BCUT2D eigenvalue weighted by atomic mass is 15.2. The minimum absolute atomic E-state index is 0.443. The maximum Gasteiger partial charge on any atom is 0.147 e. The quantitative estimate of drug-likeness (QED) is 0.757. The second-order valence-electron chi connectivity index (χ2n) is 4.36. The van der Waals surface area contributed by atoms with Gasteiger partial charge in [-0.05, 0) is 20.5 Å². The van der Waals surface area contributed by atoms with Crippen LogP contribution in [0.25, 0.3) is 0 Å². The third-order valence-corrected chi connectivity index (χ3v) is 2.54. The number of nitrogens with zero attached hydrogens (tertiary/aromatic N) is 4. The van der Waals surface area contributed by atoms with Crippen molar-refractivity contribution in [3.05, 3.63) is 18.1 Å². The fraction of sp³-hybridized carbons (Fsp3) is 0.667. The highest BCUT2D eigenvalue weighted by molar-refractivity contribution is 5.35. The van der Waals surface area contributed by atoms with E-state index in [1.807, 2.05) is 6.20 Å². The predicted molar refractivity (Wildman–Crippen MR) is 71.0 cm³/mol. The molecule has 0 spiro atoms. The summed E-state index contributed by atoms with van der Waals surface area (Å²) in [5, 5.41) is 0. The number of likely N-dealkylation sites (N-methyl/N-ethyl adjacent to an activating group) is 1. The van der Waals surface area contributed by atoms with Gasteiger partial charge in [-0.3, -0.25) is 4.98 Å². The van der Waals surface area contributed by atoms with Gasteiger partial charge >= 0.3 is 0 Å². The number of anilines is 1. The van der Waals surface area contributed by atoms with Crippen molar-refractivity contribution in [2.45, 2.75) is 19.9 Å². The van der Waals surface area contributed by atoms with Crippen molar-refractivity contribution < 1.29 is 0 Å². The Morgan fingerprint density at radius 1 is 1.12 bits per heavy atom. The van der Waals surface area contributed by atoms with E-state index in [-0.39, 0.29) is 0 Å². The van der Waals surface area contributed by atoms with Gasteiger partial charge in [0.2, 0.25) is 0 Å². The summed E-state index contributed by atoms with van der Waals surface area (Å²) in [6.45, 7) is 5.60. The van der Waals surface area contributed by atoms with Gasteiger partial charge in [-0.1, -0.05) is 6.92 Å². The molecule has 0 aliphatic heterocycles. The summed E-state index contributed by atoms with van der Waals surface area (Å²) < 4.78 is 0. The van der Waals surface area contributed by atoms with E-state index in [4.69, 9.17) is 5.73 Å². The number of nitrogens with two attached hydrogens (primary N) is 1. The van der Waals surface area contributed by atoms with Gasteiger partial charge in [0.15, 0.2) is 0 Å². The van der Waals surface area contributed by atoms with E-state index >= 15 is 0 Å². The molecule has 0 aliphatic rings. The zero-order valence-corrected chi connectivity index (χ0v) is 11.1. The van der Waals surface area contributed by atoms with Crippen molar-refractivity contribution in [2.24, 2.45) is 5.73 Å². The minimum Gasteiger partial charge on any atom is -0.354 e. The average molecular weight is 237 g/mol. The average Bonchev–Trinajstić information content (AvgIpc) is 2.34. The second-order valence-corrected chi connectivity index (χ2v) is 4.36. The van der Waals surface area contributed by atoms with E-state index in [1.54, 1.807) is 6.20 Å². The number of hydrogen-bond acceptors (Lipinski definition) is 5. The van der Waals surface area contributed by atoms with Crippen molar-refractivity contribution >= 4 is 5.82 Å². The molecule has 0 bridgehead atoms. The largest absolute Gasteiger partial charge is 0.354 e. The Kier molecular flexibility index (Phi) is 5.86. The van der Waals surface area contributed by atoms with E-state index in [0.29, 0.717) is 6.54 Å². The van der Waals surface area contributed by atoms with E-state index < -0.39 is 0 Å². The van der Waals surface area contributed by atoms with Gasteiger partial charge in [-0.25, -0.2) is 4.98 Å². The van der Waals surface area contributed by atoms with Gasteiger partial charge in [-0.2, -0.15) is 0 Å². The molecule has 0 aromatic carbocycles. The molecule has 5 heteroatoms. The van der Waals surface area contributed by atoms with E-state index in [1.165, 1.54) is 0 Å². The molecule has 0 saturated carbocycles. The topological polar surface area (TPSA) is 58.3 Å². The summed E-state index contributed by atoms with van der Waals surface area (Å²) in [6, 6.07) is 0. The molecule has 0 amide bonds. The van der Waals surface area contributed by atoms with Crippen LogP contribution in [0.4, 0.5) is 5.82 Å². The lowest BCUT2D eigenvalue weighted by Gasteiger charge is -2.24. The molecule has 1 aromatic rings. The standard InChI is InChI=1S/C12H23N5/c1-4-5-17(7-6-16(2)3)12-10-14-11(8-13)9-15-12/h9-10H,4-8,13H2,1-3H3. The number of aromatic nitrogens is 2. The first-order chi connectivity index (χ1) is 8.17. The predicted octanol–water partition coefficient (Wildman–Crippen LogP) is 0.713. The molecule has 96 valence electrons. The lowest BCUT2D eigenvalue weighted by Crippen LogP contribution is -2.33. The van der Waals surface area contributed by atoms with Gasteiger partial charge in [0.25, 0.3) is 0 Å². The fourth-order valence-electron chi connectivity index (χ4n) is 1.55. The van der Waals surface area contributed by atoms with Gasteiger partial charge in [0.05, 0.1) is 18.1 Å². The Morgan fingerprint density at radius 2 is 1.88 bits per heavy atom. The van der Waals surface area contributed by atoms with Gasteiger partial charge in [0.1, 0.15) is 5.82 Å². The monoisotopic (exact) mass is 237 g/mol. The maximum absolute atomic E-state index is 5.51. The zero-order chi connectivity index (χ0) is 12.7. The zero-order valence-electron chi connectivity index (χ0n) is 11.1. The summed E-state index contributed by atoms with van der Waals surface area (Å²) in [5.41, 5.74) is 6.34. The van der Waals surface area contributed by atoms with Crippen molar-refractivity contribution in [3.8, 4) is 0 Å². The van der Waals surface area contributed by atoms with E-state index in [9.17, 15) is 0 Å². The Bertz CT molecular complexity index is 309. The number of hydrogen-bond donors (Lipinski definition) is 1. The molecule has 0 saturated heterocycles. The molecule has 5 nitrogen and oxygen atoms in total. The van der Waals surface area contributed by atoms with Crippen LogP contribution < -0.4 is 10.6 Å². The van der Waals surface area contributed by atoms with Gasteiger partial charge in [-0.15, -0.1) is 0 Å². The van der Waals surface area contributed by atoms with Crippen molar-refractivity contribution in [2.75, 3.05) is 38.6 Å². The summed E-state index contributed by atoms with van der Waals surface area (Å²) in [7, 11) is 4.15. The first-order valence-electron chi connectivity index (χ1n) is 6.08. The third kappa shape index (κ3) is 4.66. The van der Waals surface area contributed by atoms with Crippen LogP contribution in [0.1, 0.15) is 19.0 Å². The maximum atomic E-state index is 5.51.